The second kappa shape index (κ2) is 7.19. The van der Waals surface area contributed by atoms with Crippen LogP contribution in [0.3, 0.4) is 0 Å². The van der Waals surface area contributed by atoms with Crippen molar-refractivity contribution in [3.05, 3.63) is 0 Å². The first-order valence-corrected chi connectivity index (χ1v) is 6.54. The number of rotatable bonds is 7. The summed E-state index contributed by atoms with van der Waals surface area (Å²) in [6, 6.07) is 1.50. The zero-order valence-electron chi connectivity index (χ0n) is 9.39. The number of ether oxygens (including phenoxy) is 1. The second-order valence-electron chi connectivity index (χ2n) is 3.23. The molecule has 0 aromatic rings. The lowest BCUT2D eigenvalue weighted by molar-refractivity contribution is -0.140. The summed E-state index contributed by atoms with van der Waals surface area (Å²) in [5, 5.41) is 8.46. The van der Waals surface area contributed by atoms with Gasteiger partial charge in [-0.2, -0.15) is 5.26 Å². The van der Waals surface area contributed by atoms with Gasteiger partial charge in [-0.25, -0.2) is 13.1 Å². The van der Waals surface area contributed by atoms with Crippen LogP contribution in [0.1, 0.15) is 26.2 Å². The van der Waals surface area contributed by atoms with Gasteiger partial charge in [0.25, 0.3) is 0 Å². The number of esters is 1. The quantitative estimate of drug-likeness (QED) is 0.647. The lowest BCUT2D eigenvalue weighted by Crippen LogP contribution is -2.36. The number of hydrogen-bond acceptors (Lipinski definition) is 5. The van der Waals surface area contributed by atoms with Crippen LogP contribution >= 0.6 is 0 Å². The van der Waals surface area contributed by atoms with Gasteiger partial charge in [0.15, 0.2) is 0 Å². The summed E-state index contributed by atoms with van der Waals surface area (Å²) >= 11 is 0. The van der Waals surface area contributed by atoms with Gasteiger partial charge in [0.05, 0.1) is 31.8 Å². The Hall–Kier alpha value is -1.13. The molecule has 92 valence electrons. The highest BCUT2D eigenvalue weighted by Crippen LogP contribution is 2.01. The lowest BCUT2D eigenvalue weighted by Gasteiger charge is -2.13. The summed E-state index contributed by atoms with van der Waals surface area (Å²) in [7, 11) is -2.32. The number of hydrogen-bond donors (Lipinski definition) is 1. The molecule has 1 atom stereocenters. The maximum Gasteiger partial charge on any atom is 0.306 e. The molecule has 1 N–H and O–H groups in total. The highest BCUT2D eigenvalue weighted by atomic mass is 32.2. The van der Waals surface area contributed by atoms with E-state index in [1.165, 1.54) is 7.11 Å². The highest BCUT2D eigenvalue weighted by molar-refractivity contribution is 7.89. The molecule has 0 fully saturated rings. The zero-order valence-corrected chi connectivity index (χ0v) is 10.2. The molecule has 0 aromatic heterocycles. The third kappa shape index (κ3) is 6.37. The van der Waals surface area contributed by atoms with Crippen molar-refractivity contribution in [2.24, 2.45) is 0 Å². The van der Waals surface area contributed by atoms with Crippen LogP contribution in [0.2, 0.25) is 0 Å². The number of carbonyl (C=O) groups excluding carboxylic acids is 1. The molecule has 1 unspecified atom stereocenters. The van der Waals surface area contributed by atoms with Crippen LogP contribution < -0.4 is 4.72 Å². The minimum absolute atomic E-state index is 0.119. The Bertz CT molecular complexity index is 358. The third-order valence-corrected chi connectivity index (χ3v) is 3.41. The van der Waals surface area contributed by atoms with E-state index in [0.717, 1.165) is 0 Å². The van der Waals surface area contributed by atoms with Crippen LogP contribution in [0.5, 0.6) is 0 Å². The van der Waals surface area contributed by atoms with Crippen LogP contribution in [0, 0.1) is 11.3 Å². The number of nitrogens with zero attached hydrogens (tertiary/aromatic N) is 1. The standard InChI is InChI=1S/C9H16N2O4S/c1-3-8(4-6-10)11-16(13,14)7-5-9(12)15-2/h8,11H,3-5,7H2,1-2H3. The van der Waals surface area contributed by atoms with E-state index in [4.69, 9.17) is 5.26 Å². The maximum atomic E-state index is 11.5. The van der Waals surface area contributed by atoms with E-state index in [-0.39, 0.29) is 18.6 Å². The van der Waals surface area contributed by atoms with Crippen molar-refractivity contribution >= 4 is 16.0 Å². The molecule has 0 saturated carbocycles. The summed E-state index contributed by atoms with van der Waals surface area (Å²) < 4.78 is 29.6. The predicted octanol–water partition coefficient (Wildman–Crippen LogP) is 0.161. The minimum atomic E-state index is -3.52. The summed E-state index contributed by atoms with van der Waals surface area (Å²) in [5.41, 5.74) is 0. The number of carbonyl (C=O) groups is 1. The molecule has 0 aromatic carbocycles. The number of nitrogens with one attached hydrogen (secondary N) is 1. The topological polar surface area (TPSA) is 96.3 Å². The van der Waals surface area contributed by atoms with E-state index in [1.807, 2.05) is 6.07 Å². The monoisotopic (exact) mass is 248 g/mol. The molecular formula is C9H16N2O4S. The maximum absolute atomic E-state index is 11.5. The Morgan fingerprint density at radius 1 is 1.56 bits per heavy atom. The first-order valence-electron chi connectivity index (χ1n) is 4.89. The summed E-state index contributed by atoms with van der Waals surface area (Å²) in [6.45, 7) is 1.78. The summed E-state index contributed by atoms with van der Waals surface area (Å²) in [4.78, 5) is 10.8. The van der Waals surface area contributed by atoms with Gasteiger partial charge in [-0.05, 0) is 6.42 Å². The van der Waals surface area contributed by atoms with Gasteiger partial charge in [0.2, 0.25) is 10.0 Å². The fraction of sp³-hybridized carbons (Fsp3) is 0.778. The fourth-order valence-corrected chi connectivity index (χ4v) is 2.32. The van der Waals surface area contributed by atoms with Gasteiger partial charge in [0.1, 0.15) is 0 Å². The number of sulfonamides is 1. The number of nitriles is 1. The molecule has 0 spiro atoms. The van der Waals surface area contributed by atoms with E-state index in [1.54, 1.807) is 6.92 Å². The molecule has 0 aliphatic carbocycles. The molecule has 6 nitrogen and oxygen atoms in total. The van der Waals surface area contributed by atoms with Gasteiger partial charge < -0.3 is 4.74 Å². The molecular weight excluding hydrogens is 232 g/mol. The number of methoxy groups -OCH3 is 1. The molecule has 7 heteroatoms. The molecule has 0 amide bonds. The Morgan fingerprint density at radius 3 is 2.62 bits per heavy atom. The molecule has 16 heavy (non-hydrogen) atoms. The molecule has 0 saturated heterocycles. The van der Waals surface area contributed by atoms with E-state index in [0.29, 0.717) is 6.42 Å². The van der Waals surface area contributed by atoms with E-state index in [9.17, 15) is 13.2 Å². The average Bonchev–Trinajstić information content (AvgIpc) is 2.25. The molecule has 0 rings (SSSR count). The zero-order chi connectivity index (χ0) is 12.6. The van der Waals surface area contributed by atoms with Gasteiger partial charge >= 0.3 is 5.97 Å². The van der Waals surface area contributed by atoms with E-state index in [2.05, 4.69) is 9.46 Å². The van der Waals surface area contributed by atoms with Gasteiger partial charge in [-0.15, -0.1) is 0 Å². The lowest BCUT2D eigenvalue weighted by atomic mass is 10.2. The first-order chi connectivity index (χ1) is 7.45. The normalized spacial score (nSPS) is 12.8. The Morgan fingerprint density at radius 2 is 2.19 bits per heavy atom. The van der Waals surface area contributed by atoms with Crippen molar-refractivity contribution in [3.8, 4) is 6.07 Å². The van der Waals surface area contributed by atoms with E-state index < -0.39 is 22.0 Å². The third-order valence-electron chi connectivity index (χ3n) is 1.98. The summed E-state index contributed by atoms with van der Waals surface area (Å²) in [6.07, 6.45) is 0.466. The first kappa shape index (κ1) is 14.9. The molecule has 0 radical (unpaired) electrons. The second-order valence-corrected chi connectivity index (χ2v) is 5.10. The van der Waals surface area contributed by atoms with Crippen LogP contribution in [-0.2, 0) is 19.6 Å². The Kier molecular flexibility index (Phi) is 6.69. The molecule has 0 aliphatic heterocycles. The summed E-state index contributed by atoms with van der Waals surface area (Å²) in [5.74, 6) is -0.888. The van der Waals surface area contributed by atoms with Crippen LogP contribution in [0.15, 0.2) is 0 Å². The molecule has 0 heterocycles. The van der Waals surface area contributed by atoms with Crippen molar-refractivity contribution in [3.63, 3.8) is 0 Å². The largest absolute Gasteiger partial charge is 0.469 e. The molecule has 0 aliphatic rings. The Balaban J connectivity index is 4.23. The minimum Gasteiger partial charge on any atom is -0.469 e. The van der Waals surface area contributed by atoms with Crippen molar-refractivity contribution in [2.45, 2.75) is 32.2 Å². The van der Waals surface area contributed by atoms with Crippen LogP contribution in [0.4, 0.5) is 0 Å². The SMILES string of the molecule is CCC(CC#N)NS(=O)(=O)CCC(=O)OC. The van der Waals surface area contributed by atoms with Crippen LogP contribution in [0.25, 0.3) is 0 Å². The molecule has 0 bridgehead atoms. The Labute approximate surface area is 95.6 Å². The smallest absolute Gasteiger partial charge is 0.306 e. The van der Waals surface area contributed by atoms with Gasteiger partial charge in [-0.1, -0.05) is 6.92 Å². The van der Waals surface area contributed by atoms with E-state index >= 15 is 0 Å². The van der Waals surface area contributed by atoms with Crippen molar-refractivity contribution in [2.75, 3.05) is 12.9 Å². The van der Waals surface area contributed by atoms with Crippen molar-refractivity contribution in [1.82, 2.24) is 4.72 Å². The highest BCUT2D eigenvalue weighted by Gasteiger charge is 2.17. The van der Waals surface area contributed by atoms with Crippen molar-refractivity contribution in [1.29, 1.82) is 5.26 Å². The average molecular weight is 248 g/mol. The fourth-order valence-electron chi connectivity index (χ4n) is 1.01. The van der Waals surface area contributed by atoms with Crippen molar-refractivity contribution < 1.29 is 17.9 Å². The van der Waals surface area contributed by atoms with Crippen LogP contribution in [-0.4, -0.2) is 33.3 Å². The predicted molar refractivity (Wildman–Crippen MR) is 57.9 cm³/mol. The van der Waals surface area contributed by atoms with Gasteiger partial charge in [0, 0.05) is 6.04 Å². The van der Waals surface area contributed by atoms with Gasteiger partial charge in [-0.3, -0.25) is 4.79 Å².